The molecule has 0 saturated carbocycles. The van der Waals surface area contributed by atoms with Crippen LogP contribution in [0.2, 0.25) is 18.1 Å². The van der Waals surface area contributed by atoms with Crippen LogP contribution in [0.25, 0.3) is 0 Å². The Hall–Kier alpha value is -0.499. The van der Waals surface area contributed by atoms with Gasteiger partial charge in [0, 0.05) is 94.6 Å². The molecular weight excluding hydrogens is 547 g/mol. The van der Waals surface area contributed by atoms with E-state index in [0.29, 0.717) is 18.1 Å². The maximum atomic E-state index is 5.71. The molecule has 38 heavy (non-hydrogen) atoms. The molecule has 0 spiro atoms. The van der Waals surface area contributed by atoms with Gasteiger partial charge in [-0.3, -0.25) is 0 Å². The van der Waals surface area contributed by atoms with Crippen molar-refractivity contribution in [1.82, 2.24) is 5.16 Å². The fourth-order valence-corrected chi connectivity index (χ4v) is 10.4. The minimum absolute atomic E-state index is 0.105. The zero-order valence-corrected chi connectivity index (χ0v) is 28.2. The Bertz CT molecular complexity index is 668. The molecule has 0 amide bonds. The molecule has 0 bridgehead atoms. The normalized spacial score (nSPS) is 13.4. The molecule has 0 saturated heterocycles. The van der Waals surface area contributed by atoms with Gasteiger partial charge in [0.1, 0.15) is 5.76 Å². The third-order valence-electron chi connectivity index (χ3n) is 7.60. The Labute approximate surface area is 232 Å². The number of hydrogen-bond acceptors (Lipinski definition) is 11. The van der Waals surface area contributed by atoms with Crippen LogP contribution in [0.3, 0.4) is 0 Å². The molecule has 0 fully saturated rings. The summed E-state index contributed by atoms with van der Waals surface area (Å²) in [7, 11) is 6.75. The Morgan fingerprint density at radius 1 is 0.605 bits per heavy atom. The first-order valence-corrected chi connectivity index (χ1v) is 18.8. The molecule has 1 rings (SSSR count). The first kappa shape index (κ1) is 35.5. The van der Waals surface area contributed by atoms with E-state index in [1.807, 2.05) is 13.0 Å². The molecule has 0 aliphatic carbocycles. The Morgan fingerprint density at radius 2 is 0.921 bits per heavy atom. The van der Waals surface area contributed by atoms with Gasteiger partial charge in [0.15, 0.2) is 0 Å². The minimum atomic E-state index is -2.70. The van der Waals surface area contributed by atoms with Crippen molar-refractivity contribution in [1.29, 1.82) is 0 Å². The first-order valence-electron chi connectivity index (χ1n) is 13.0. The van der Waals surface area contributed by atoms with Gasteiger partial charge in [-0.1, -0.05) is 5.16 Å². The highest BCUT2D eigenvalue weighted by Gasteiger charge is 2.43. The fraction of sp³-hybridized carbons (Fsp3) is 0.875. The van der Waals surface area contributed by atoms with Crippen LogP contribution in [0.4, 0.5) is 0 Å². The Balaban J connectivity index is 3.25. The molecule has 0 aliphatic heterocycles. The van der Waals surface area contributed by atoms with E-state index in [9.17, 15) is 0 Å². The number of rotatable bonds is 23. The van der Waals surface area contributed by atoms with Gasteiger partial charge in [0.05, 0.1) is 5.69 Å². The summed E-state index contributed by atoms with van der Waals surface area (Å²) in [6.07, 6.45) is 6.12. The molecule has 1 aromatic rings. The second-order valence-corrected chi connectivity index (χ2v) is 18.8. The van der Waals surface area contributed by atoms with E-state index in [1.54, 1.807) is 64.0 Å². The van der Waals surface area contributed by atoms with E-state index in [1.165, 1.54) is 0 Å². The van der Waals surface area contributed by atoms with Crippen molar-refractivity contribution in [2.24, 2.45) is 5.41 Å². The molecule has 0 unspecified atom stereocenters. The van der Waals surface area contributed by atoms with Crippen LogP contribution in [0.5, 0.6) is 0 Å². The maximum Gasteiger partial charge on any atom is 0.500 e. The summed E-state index contributed by atoms with van der Waals surface area (Å²) in [6, 6.07) is 4.17. The Morgan fingerprint density at radius 3 is 1.16 bits per heavy atom. The van der Waals surface area contributed by atoms with Gasteiger partial charge in [-0.2, -0.15) is 0 Å². The number of aryl methyl sites for hydroxylation is 1. The second kappa shape index (κ2) is 17.3. The van der Waals surface area contributed by atoms with Crippen LogP contribution in [0.1, 0.15) is 50.0 Å². The third-order valence-corrected chi connectivity index (χ3v) is 16.1. The van der Waals surface area contributed by atoms with Crippen molar-refractivity contribution in [3.63, 3.8) is 0 Å². The lowest BCUT2D eigenvalue weighted by atomic mass is 9.72. The van der Waals surface area contributed by atoms with Crippen LogP contribution < -0.4 is 0 Å². The molecule has 0 N–H and O–H groups in total. The van der Waals surface area contributed by atoms with Crippen molar-refractivity contribution in [2.75, 3.05) is 64.0 Å². The quantitative estimate of drug-likeness (QED) is 0.167. The smallest absolute Gasteiger partial charge is 0.377 e. The van der Waals surface area contributed by atoms with Gasteiger partial charge in [0.25, 0.3) is 0 Å². The molecule has 224 valence electrons. The molecule has 0 aliphatic rings. The highest BCUT2D eigenvalue weighted by atomic mass is 28.4. The van der Waals surface area contributed by atoms with Crippen LogP contribution in [0.15, 0.2) is 10.6 Å². The topological polar surface area (TPSA) is 109 Å². The Kier molecular flexibility index (Phi) is 16.2. The largest absolute Gasteiger partial charge is 0.500 e. The van der Waals surface area contributed by atoms with Crippen molar-refractivity contribution >= 4 is 26.4 Å². The highest BCUT2D eigenvalue weighted by Crippen LogP contribution is 2.42. The molecule has 1 heterocycles. The standard InChI is InChI=1S/C24H51NO10Si3/c1-22-20-23(35-25-22)21-24(14-11-17-36(26-2,27-3)28-4,15-12-18-37(29-5,30-6)31-7)16-13-19-38(32-8,33-9)34-10/h20H,11-19,21H2,1-10H3. The van der Waals surface area contributed by atoms with Gasteiger partial charge < -0.3 is 44.4 Å². The van der Waals surface area contributed by atoms with Crippen LogP contribution in [-0.2, 0) is 46.3 Å². The van der Waals surface area contributed by atoms with Crippen molar-refractivity contribution < 1.29 is 44.4 Å². The predicted molar refractivity (Wildman–Crippen MR) is 150 cm³/mol. The number of hydrogen-bond donors (Lipinski definition) is 0. The van der Waals surface area contributed by atoms with Gasteiger partial charge >= 0.3 is 26.4 Å². The van der Waals surface area contributed by atoms with E-state index >= 15 is 0 Å². The number of nitrogens with zero attached hydrogens (tertiary/aromatic N) is 1. The average Bonchev–Trinajstić information content (AvgIpc) is 3.36. The molecule has 0 atom stereocenters. The van der Waals surface area contributed by atoms with E-state index in [4.69, 9.17) is 44.4 Å². The van der Waals surface area contributed by atoms with Crippen LogP contribution >= 0.6 is 0 Å². The van der Waals surface area contributed by atoms with Crippen LogP contribution in [-0.4, -0.2) is 95.6 Å². The summed E-state index contributed by atoms with van der Waals surface area (Å²) in [4.78, 5) is 0. The van der Waals surface area contributed by atoms with Crippen molar-refractivity contribution in [3.8, 4) is 0 Å². The van der Waals surface area contributed by atoms with Gasteiger partial charge in [-0.15, -0.1) is 0 Å². The summed E-state index contributed by atoms with van der Waals surface area (Å²) in [5.74, 6) is 0.874. The third kappa shape index (κ3) is 10.2. The number of aromatic nitrogens is 1. The minimum Gasteiger partial charge on any atom is -0.377 e. The van der Waals surface area contributed by atoms with Gasteiger partial charge in [-0.25, -0.2) is 0 Å². The summed E-state index contributed by atoms with van der Waals surface area (Å²) in [5.41, 5.74) is 0.763. The van der Waals surface area contributed by atoms with Crippen LogP contribution in [0, 0.1) is 12.3 Å². The van der Waals surface area contributed by atoms with E-state index < -0.39 is 26.4 Å². The summed E-state index contributed by atoms with van der Waals surface area (Å²) in [5, 5.41) is 4.14. The van der Waals surface area contributed by atoms with Gasteiger partial charge in [-0.05, 0) is 50.9 Å². The SMILES string of the molecule is CO[Si](CCCC(CCC[Si](OC)(OC)OC)(CCC[Si](OC)(OC)OC)Cc1cc(C)no1)(OC)OC. The van der Waals surface area contributed by atoms with E-state index in [-0.39, 0.29) is 5.41 Å². The maximum absolute atomic E-state index is 5.71. The lowest BCUT2D eigenvalue weighted by Crippen LogP contribution is -2.44. The average molecular weight is 598 g/mol. The molecule has 11 nitrogen and oxygen atoms in total. The van der Waals surface area contributed by atoms with E-state index in [2.05, 4.69) is 5.16 Å². The molecule has 14 heteroatoms. The van der Waals surface area contributed by atoms with E-state index in [0.717, 1.165) is 56.4 Å². The molecule has 0 radical (unpaired) electrons. The zero-order chi connectivity index (χ0) is 28.7. The predicted octanol–water partition coefficient (Wildman–Crippen LogP) is 4.49. The van der Waals surface area contributed by atoms with Crippen molar-refractivity contribution in [3.05, 3.63) is 17.5 Å². The fourth-order valence-electron chi connectivity index (χ4n) is 5.22. The second-order valence-electron chi connectivity index (χ2n) is 9.56. The summed E-state index contributed by atoms with van der Waals surface area (Å²) < 4.78 is 56.9. The molecule has 1 aromatic heterocycles. The first-order chi connectivity index (χ1) is 18.1. The molecular formula is C24H51NO10Si3. The monoisotopic (exact) mass is 597 g/mol. The highest BCUT2D eigenvalue weighted by molar-refractivity contribution is 6.61. The zero-order valence-electron chi connectivity index (χ0n) is 25.2. The van der Waals surface area contributed by atoms with Gasteiger partial charge in [0.2, 0.25) is 0 Å². The van der Waals surface area contributed by atoms with Crippen molar-refractivity contribution in [2.45, 2.75) is 70.0 Å². The molecule has 0 aromatic carbocycles. The summed E-state index contributed by atoms with van der Waals surface area (Å²) in [6.45, 7) is 1.94. The lowest BCUT2D eigenvalue weighted by Gasteiger charge is -2.36. The lowest BCUT2D eigenvalue weighted by molar-refractivity contribution is 0.112. The summed E-state index contributed by atoms with van der Waals surface area (Å²) >= 11 is 0.